The molecule has 2 unspecified atom stereocenters. The van der Waals surface area contributed by atoms with Crippen molar-refractivity contribution in [1.82, 2.24) is 4.90 Å². The highest BCUT2D eigenvalue weighted by Crippen LogP contribution is 2.68. The number of hydrogen-bond acceptors (Lipinski definition) is 2. The molecule has 2 aromatic carbocycles. The molecule has 2 aromatic rings. The average Bonchev–Trinajstić information content (AvgIpc) is 3.20. The van der Waals surface area contributed by atoms with Crippen molar-refractivity contribution in [3.8, 4) is 0 Å². The first-order chi connectivity index (χ1) is 12.9. The van der Waals surface area contributed by atoms with Crippen LogP contribution in [0.5, 0.6) is 0 Å². The summed E-state index contributed by atoms with van der Waals surface area (Å²) < 4.78 is 33.5. The summed E-state index contributed by atoms with van der Waals surface area (Å²) in [6, 6.07) is 16.8. The Balaban J connectivity index is 1.52. The second-order valence-electron chi connectivity index (χ2n) is 7.78. The summed E-state index contributed by atoms with van der Waals surface area (Å²) in [5.41, 5.74) is 1.93. The van der Waals surface area contributed by atoms with Crippen LogP contribution in [0.15, 0.2) is 54.6 Å². The number of carbonyl (C=O) groups is 1. The Kier molecular flexibility index (Phi) is 4.41. The van der Waals surface area contributed by atoms with Gasteiger partial charge in [0.15, 0.2) is 0 Å². The Morgan fingerprint density at radius 2 is 1.81 bits per heavy atom. The molecule has 2 atom stereocenters. The molecular formula is C22H23F2NO2. The van der Waals surface area contributed by atoms with E-state index in [-0.39, 0.29) is 25.5 Å². The smallest absolute Gasteiger partial charge is 0.410 e. The summed E-state index contributed by atoms with van der Waals surface area (Å²) in [4.78, 5) is 14.3. The number of rotatable bonds is 3. The lowest BCUT2D eigenvalue weighted by Crippen LogP contribution is -2.43. The van der Waals surface area contributed by atoms with Gasteiger partial charge in [0.1, 0.15) is 6.61 Å². The lowest BCUT2D eigenvalue weighted by Gasteiger charge is -2.39. The van der Waals surface area contributed by atoms with Crippen LogP contribution >= 0.6 is 0 Å². The van der Waals surface area contributed by atoms with E-state index in [0.717, 1.165) is 16.7 Å². The van der Waals surface area contributed by atoms with Crippen molar-refractivity contribution in [3.63, 3.8) is 0 Å². The number of amides is 1. The van der Waals surface area contributed by atoms with Crippen molar-refractivity contribution < 1.29 is 18.3 Å². The summed E-state index contributed by atoms with van der Waals surface area (Å²) in [6.07, 6.45) is 0.0879. The SMILES string of the molecule is Cc1ccc(C2CC3(CCN2C(=O)OCc2ccccc2)CC3(F)F)cc1. The predicted molar refractivity (Wildman–Crippen MR) is 98.5 cm³/mol. The van der Waals surface area contributed by atoms with Crippen LogP contribution in [-0.2, 0) is 11.3 Å². The molecule has 1 saturated carbocycles. The van der Waals surface area contributed by atoms with Crippen molar-refractivity contribution in [1.29, 1.82) is 0 Å². The minimum absolute atomic E-state index is 0.0741. The second kappa shape index (κ2) is 6.63. The van der Waals surface area contributed by atoms with E-state index in [1.54, 1.807) is 4.90 Å². The highest BCUT2D eigenvalue weighted by Gasteiger charge is 2.72. The van der Waals surface area contributed by atoms with E-state index in [1.807, 2.05) is 61.5 Å². The van der Waals surface area contributed by atoms with Gasteiger partial charge in [0.25, 0.3) is 5.92 Å². The molecule has 0 radical (unpaired) electrons. The highest BCUT2D eigenvalue weighted by molar-refractivity contribution is 5.68. The van der Waals surface area contributed by atoms with E-state index in [1.165, 1.54) is 0 Å². The van der Waals surface area contributed by atoms with Gasteiger partial charge in [-0.25, -0.2) is 13.6 Å². The van der Waals surface area contributed by atoms with Gasteiger partial charge in [-0.3, -0.25) is 0 Å². The third kappa shape index (κ3) is 3.43. The first-order valence-electron chi connectivity index (χ1n) is 9.32. The Morgan fingerprint density at radius 1 is 1.15 bits per heavy atom. The number of benzene rings is 2. The van der Waals surface area contributed by atoms with Crippen molar-refractivity contribution >= 4 is 6.09 Å². The normalized spacial score (nSPS) is 26.0. The maximum Gasteiger partial charge on any atom is 0.410 e. The predicted octanol–water partition coefficient (Wildman–Crippen LogP) is 5.49. The van der Waals surface area contributed by atoms with Crippen LogP contribution in [0.3, 0.4) is 0 Å². The van der Waals surface area contributed by atoms with E-state index < -0.39 is 17.4 Å². The fraction of sp³-hybridized carbons (Fsp3) is 0.409. The molecule has 1 saturated heterocycles. The molecule has 27 heavy (non-hydrogen) atoms. The zero-order chi connectivity index (χ0) is 19.1. The standard InChI is InChI=1S/C22H23F2NO2/c1-16-7-9-18(10-8-16)19-13-21(15-22(21,23)24)11-12-25(19)20(26)27-14-17-5-3-2-4-6-17/h2-10,19H,11-15H2,1H3. The number of ether oxygens (including phenoxy) is 1. The number of alkyl halides is 2. The minimum Gasteiger partial charge on any atom is -0.445 e. The Labute approximate surface area is 157 Å². The largest absolute Gasteiger partial charge is 0.445 e. The fourth-order valence-electron chi connectivity index (χ4n) is 4.05. The van der Waals surface area contributed by atoms with E-state index in [4.69, 9.17) is 4.74 Å². The van der Waals surface area contributed by atoms with Gasteiger partial charge in [-0.1, -0.05) is 60.2 Å². The first kappa shape index (κ1) is 18.0. The van der Waals surface area contributed by atoms with Crippen LogP contribution in [0.4, 0.5) is 13.6 Å². The maximum absolute atomic E-state index is 14.0. The lowest BCUT2D eigenvalue weighted by atomic mass is 9.84. The molecule has 4 rings (SSSR count). The molecule has 0 N–H and O–H groups in total. The van der Waals surface area contributed by atoms with Crippen LogP contribution in [0.25, 0.3) is 0 Å². The quantitative estimate of drug-likeness (QED) is 0.714. The fourth-order valence-corrected chi connectivity index (χ4v) is 4.05. The Bertz CT molecular complexity index is 822. The summed E-state index contributed by atoms with van der Waals surface area (Å²) in [6.45, 7) is 2.45. The number of aryl methyl sites for hydroxylation is 1. The zero-order valence-electron chi connectivity index (χ0n) is 15.3. The van der Waals surface area contributed by atoms with E-state index in [2.05, 4.69) is 0 Å². The Morgan fingerprint density at radius 3 is 2.44 bits per heavy atom. The molecule has 2 fully saturated rings. The minimum atomic E-state index is -2.62. The van der Waals surface area contributed by atoms with E-state index in [0.29, 0.717) is 13.0 Å². The van der Waals surface area contributed by atoms with Crippen LogP contribution in [0.1, 0.15) is 42.0 Å². The van der Waals surface area contributed by atoms with Crippen molar-refractivity contribution in [2.75, 3.05) is 6.54 Å². The summed E-state index contributed by atoms with van der Waals surface area (Å²) in [5, 5.41) is 0. The number of likely N-dealkylation sites (tertiary alicyclic amines) is 1. The van der Waals surface area contributed by atoms with Crippen LogP contribution in [0, 0.1) is 12.3 Å². The average molecular weight is 371 g/mol. The molecule has 1 amide bonds. The molecule has 3 nitrogen and oxygen atoms in total. The van der Waals surface area contributed by atoms with Gasteiger partial charge in [0.05, 0.1) is 6.04 Å². The molecule has 1 aliphatic heterocycles. The first-order valence-corrected chi connectivity index (χ1v) is 9.32. The van der Waals surface area contributed by atoms with Gasteiger partial charge in [-0.15, -0.1) is 0 Å². The second-order valence-corrected chi connectivity index (χ2v) is 7.78. The topological polar surface area (TPSA) is 29.5 Å². The number of piperidine rings is 1. The summed E-state index contributed by atoms with van der Waals surface area (Å²) in [7, 11) is 0. The summed E-state index contributed by atoms with van der Waals surface area (Å²) >= 11 is 0. The molecule has 1 spiro atoms. The van der Waals surface area contributed by atoms with Gasteiger partial charge < -0.3 is 9.64 Å². The molecule has 5 heteroatoms. The molecule has 2 aliphatic rings. The van der Waals surface area contributed by atoms with Gasteiger partial charge in [-0.2, -0.15) is 0 Å². The van der Waals surface area contributed by atoms with E-state index in [9.17, 15) is 13.6 Å². The van der Waals surface area contributed by atoms with Gasteiger partial charge in [0, 0.05) is 18.4 Å². The van der Waals surface area contributed by atoms with Crippen molar-refractivity contribution in [3.05, 3.63) is 71.3 Å². The molecule has 142 valence electrons. The van der Waals surface area contributed by atoms with E-state index >= 15 is 0 Å². The molecule has 1 heterocycles. The van der Waals surface area contributed by atoms with Crippen LogP contribution in [-0.4, -0.2) is 23.5 Å². The van der Waals surface area contributed by atoms with Crippen LogP contribution < -0.4 is 0 Å². The van der Waals surface area contributed by atoms with Gasteiger partial charge in [0.2, 0.25) is 0 Å². The number of halogens is 2. The summed E-state index contributed by atoms with van der Waals surface area (Å²) in [5.74, 6) is -2.62. The zero-order valence-corrected chi connectivity index (χ0v) is 15.3. The Hall–Kier alpha value is -2.43. The molecule has 1 aliphatic carbocycles. The number of nitrogens with zero attached hydrogens (tertiary/aromatic N) is 1. The lowest BCUT2D eigenvalue weighted by molar-refractivity contribution is 0.00420. The third-order valence-corrected chi connectivity index (χ3v) is 5.90. The number of carbonyl (C=O) groups excluding carboxylic acids is 1. The molecular weight excluding hydrogens is 348 g/mol. The van der Waals surface area contributed by atoms with Gasteiger partial charge >= 0.3 is 6.09 Å². The van der Waals surface area contributed by atoms with Gasteiger partial charge in [-0.05, 0) is 30.9 Å². The molecule has 0 aromatic heterocycles. The van der Waals surface area contributed by atoms with Crippen molar-refractivity contribution in [2.45, 2.75) is 44.8 Å². The monoisotopic (exact) mass is 371 g/mol. The molecule has 0 bridgehead atoms. The maximum atomic E-state index is 14.0. The number of hydrogen-bond donors (Lipinski definition) is 0. The highest BCUT2D eigenvalue weighted by atomic mass is 19.3. The van der Waals surface area contributed by atoms with Crippen molar-refractivity contribution in [2.24, 2.45) is 5.41 Å². The third-order valence-electron chi connectivity index (χ3n) is 5.90. The van der Waals surface area contributed by atoms with Crippen LogP contribution in [0.2, 0.25) is 0 Å².